The maximum absolute atomic E-state index is 13.6. The Labute approximate surface area is 116 Å². The van der Waals surface area contributed by atoms with E-state index in [4.69, 9.17) is 18.9 Å². The van der Waals surface area contributed by atoms with E-state index in [0.29, 0.717) is 5.75 Å². The summed E-state index contributed by atoms with van der Waals surface area (Å²) >= 11 is 0. The van der Waals surface area contributed by atoms with Crippen molar-refractivity contribution in [3.63, 3.8) is 0 Å². The van der Waals surface area contributed by atoms with Gasteiger partial charge in [-0.15, -0.1) is 3.89 Å². The Morgan fingerprint density at radius 1 is 1.10 bits per heavy atom. The molecule has 6 nitrogen and oxygen atoms in total. The predicted molar refractivity (Wildman–Crippen MR) is 68.6 cm³/mol. The van der Waals surface area contributed by atoms with E-state index in [-0.39, 0.29) is 30.3 Å². The minimum atomic E-state index is -4.83. The van der Waals surface area contributed by atoms with Crippen molar-refractivity contribution in [2.24, 2.45) is 0 Å². The summed E-state index contributed by atoms with van der Waals surface area (Å²) in [6, 6.07) is 2.84. The number of methoxy groups -OCH3 is 3. The van der Waals surface area contributed by atoms with Gasteiger partial charge in [-0.25, -0.2) is 0 Å². The summed E-state index contributed by atoms with van der Waals surface area (Å²) in [5.74, 6) is 0.832. The van der Waals surface area contributed by atoms with Crippen molar-refractivity contribution < 1.29 is 31.3 Å². The number of hydrogen-bond acceptors (Lipinski definition) is 6. The first-order chi connectivity index (χ1) is 9.39. The molecule has 0 amide bonds. The average Bonchev–Trinajstić information content (AvgIpc) is 2.34. The summed E-state index contributed by atoms with van der Waals surface area (Å²) in [5.41, 5.74) is 0.209. The summed E-state index contributed by atoms with van der Waals surface area (Å²) in [6.45, 7) is -0.491. The molecule has 0 N–H and O–H groups in total. The smallest absolute Gasteiger partial charge is 0.316 e. The van der Waals surface area contributed by atoms with Crippen LogP contribution < -0.4 is 14.2 Å². The Morgan fingerprint density at radius 3 is 1.85 bits per heavy atom. The van der Waals surface area contributed by atoms with Gasteiger partial charge in [-0.2, -0.15) is 8.42 Å². The van der Waals surface area contributed by atoms with Crippen LogP contribution in [0.25, 0.3) is 0 Å². The van der Waals surface area contributed by atoms with Gasteiger partial charge in [0.05, 0.1) is 34.5 Å². The van der Waals surface area contributed by atoms with Crippen LogP contribution in [0.5, 0.6) is 17.2 Å². The zero-order valence-corrected chi connectivity index (χ0v) is 12.1. The predicted octanol–water partition coefficient (Wildman–Crippen LogP) is 1.24. The van der Waals surface area contributed by atoms with Gasteiger partial charge in [0.2, 0.25) is 5.75 Å². The third-order valence-electron chi connectivity index (χ3n) is 3.33. The molecule has 1 fully saturated rings. The number of benzene rings is 1. The molecule has 1 aromatic carbocycles. The van der Waals surface area contributed by atoms with Gasteiger partial charge in [0.1, 0.15) is 0 Å². The van der Waals surface area contributed by atoms with Gasteiger partial charge >= 0.3 is 10.2 Å². The van der Waals surface area contributed by atoms with E-state index in [9.17, 15) is 12.3 Å². The molecule has 1 aliphatic heterocycles. The van der Waals surface area contributed by atoms with Crippen LogP contribution in [0.15, 0.2) is 12.1 Å². The molecule has 0 atom stereocenters. The second-order valence-electron chi connectivity index (χ2n) is 4.34. The largest absolute Gasteiger partial charge is 0.493 e. The van der Waals surface area contributed by atoms with Gasteiger partial charge in [-0.1, -0.05) is 0 Å². The van der Waals surface area contributed by atoms with Gasteiger partial charge in [0.25, 0.3) is 0 Å². The third kappa shape index (κ3) is 2.08. The summed E-state index contributed by atoms with van der Waals surface area (Å²) in [7, 11) is -0.607. The van der Waals surface area contributed by atoms with E-state index in [2.05, 4.69) is 0 Å². The Hall–Kier alpha value is -1.54. The van der Waals surface area contributed by atoms with E-state index in [1.165, 1.54) is 33.5 Å². The van der Waals surface area contributed by atoms with Crippen LogP contribution in [0, 0.1) is 0 Å². The van der Waals surface area contributed by atoms with Crippen LogP contribution in [0.2, 0.25) is 0 Å². The monoisotopic (exact) mass is 306 g/mol. The van der Waals surface area contributed by atoms with Gasteiger partial charge < -0.3 is 18.9 Å². The lowest BCUT2D eigenvalue weighted by molar-refractivity contribution is -0.0182. The van der Waals surface area contributed by atoms with Crippen molar-refractivity contribution >= 4 is 10.2 Å². The van der Waals surface area contributed by atoms with Crippen molar-refractivity contribution in [1.29, 1.82) is 0 Å². The quantitative estimate of drug-likeness (QED) is 0.762. The van der Waals surface area contributed by atoms with Gasteiger partial charge in [0.15, 0.2) is 16.2 Å². The fraction of sp³-hybridized carbons (Fsp3) is 0.500. The Balaban J connectivity index is 2.64. The maximum Gasteiger partial charge on any atom is 0.316 e. The maximum atomic E-state index is 13.6. The molecule has 8 heteroatoms. The molecule has 2 rings (SSSR count). The zero-order chi connectivity index (χ0) is 15.0. The fourth-order valence-corrected chi connectivity index (χ4v) is 2.93. The molecule has 112 valence electrons. The summed E-state index contributed by atoms with van der Waals surface area (Å²) in [4.78, 5) is 0. The van der Waals surface area contributed by atoms with Gasteiger partial charge in [-0.3, -0.25) is 0 Å². The van der Waals surface area contributed by atoms with Crippen LogP contribution in [0.3, 0.4) is 0 Å². The highest BCUT2D eigenvalue weighted by Crippen LogP contribution is 2.46. The lowest BCUT2D eigenvalue weighted by Gasteiger charge is -2.38. The molecule has 0 aliphatic carbocycles. The molecule has 0 bridgehead atoms. The van der Waals surface area contributed by atoms with Crippen LogP contribution >= 0.6 is 0 Å². The molecule has 1 aromatic rings. The molecule has 0 aromatic heterocycles. The van der Waals surface area contributed by atoms with Crippen molar-refractivity contribution in [2.45, 2.75) is 4.75 Å². The number of ether oxygens (including phenoxy) is 4. The molecule has 0 saturated carbocycles. The molecule has 0 radical (unpaired) electrons. The van der Waals surface area contributed by atoms with Crippen LogP contribution in [-0.4, -0.2) is 43.0 Å². The van der Waals surface area contributed by atoms with E-state index < -0.39 is 15.0 Å². The summed E-state index contributed by atoms with van der Waals surface area (Å²) in [6.07, 6.45) is 0. The molecule has 1 aliphatic rings. The standard InChI is InChI=1S/C12H15FO6S/c1-16-9-4-8(5-10(17-2)11(9)18-3)12(6-19-7-12)20(13,14)15/h4-5H,6-7H2,1-3H3. The Bertz CT molecular complexity index is 583. The highest BCUT2D eigenvalue weighted by molar-refractivity contribution is 7.87. The van der Waals surface area contributed by atoms with Crippen molar-refractivity contribution in [3.8, 4) is 17.2 Å². The van der Waals surface area contributed by atoms with E-state index in [0.717, 1.165) is 0 Å². The normalized spacial score (nSPS) is 17.2. The minimum absolute atomic E-state index is 0.209. The SMILES string of the molecule is COc1cc(C2(S(=O)(=O)F)COC2)cc(OC)c1OC. The van der Waals surface area contributed by atoms with Crippen molar-refractivity contribution in [1.82, 2.24) is 0 Å². The van der Waals surface area contributed by atoms with Crippen LogP contribution in [-0.2, 0) is 19.7 Å². The molecule has 1 saturated heterocycles. The molecular formula is C12H15FO6S. The second kappa shape index (κ2) is 5.10. The minimum Gasteiger partial charge on any atom is -0.493 e. The first-order valence-corrected chi connectivity index (χ1v) is 7.10. The van der Waals surface area contributed by atoms with Gasteiger partial charge in [0, 0.05) is 0 Å². The lowest BCUT2D eigenvalue weighted by atomic mass is 9.95. The van der Waals surface area contributed by atoms with Crippen molar-refractivity contribution in [2.75, 3.05) is 34.5 Å². The van der Waals surface area contributed by atoms with Gasteiger partial charge in [-0.05, 0) is 17.7 Å². The fourth-order valence-electron chi connectivity index (χ4n) is 2.08. The first-order valence-electron chi connectivity index (χ1n) is 5.72. The summed E-state index contributed by atoms with van der Waals surface area (Å²) in [5, 5.41) is 0. The second-order valence-corrected chi connectivity index (χ2v) is 6.00. The number of halogens is 1. The molecule has 20 heavy (non-hydrogen) atoms. The molecular weight excluding hydrogens is 291 g/mol. The van der Waals surface area contributed by atoms with E-state index in [1.807, 2.05) is 0 Å². The molecule has 1 heterocycles. The van der Waals surface area contributed by atoms with Crippen LogP contribution in [0.1, 0.15) is 5.56 Å². The molecule has 0 spiro atoms. The molecule has 0 unspecified atom stereocenters. The first kappa shape index (κ1) is 14.9. The zero-order valence-electron chi connectivity index (χ0n) is 11.3. The number of hydrogen-bond donors (Lipinski definition) is 0. The lowest BCUT2D eigenvalue weighted by Crippen LogP contribution is -2.51. The van der Waals surface area contributed by atoms with E-state index >= 15 is 0 Å². The highest BCUT2D eigenvalue weighted by atomic mass is 32.3. The van der Waals surface area contributed by atoms with E-state index in [1.54, 1.807) is 0 Å². The third-order valence-corrected chi connectivity index (χ3v) is 4.73. The van der Waals surface area contributed by atoms with Crippen molar-refractivity contribution in [3.05, 3.63) is 17.7 Å². The van der Waals surface area contributed by atoms with Crippen LogP contribution in [0.4, 0.5) is 3.89 Å². The number of rotatable bonds is 5. The Morgan fingerprint density at radius 2 is 1.60 bits per heavy atom. The topological polar surface area (TPSA) is 71.1 Å². The highest BCUT2D eigenvalue weighted by Gasteiger charge is 2.53. The Kier molecular flexibility index (Phi) is 3.79. The summed E-state index contributed by atoms with van der Waals surface area (Å²) < 4.78 is 55.1. The average molecular weight is 306 g/mol.